The fourth-order valence-electron chi connectivity index (χ4n) is 1.19. The lowest BCUT2D eigenvalue weighted by molar-refractivity contribution is -0.115. The second kappa shape index (κ2) is 4.63. The molecule has 1 amide bonds. The third-order valence-corrected chi connectivity index (χ3v) is 2.00. The van der Waals surface area contributed by atoms with Gasteiger partial charge in [0.2, 0.25) is 5.91 Å². The van der Waals surface area contributed by atoms with Gasteiger partial charge in [0.05, 0.1) is 12.8 Å². The van der Waals surface area contributed by atoms with Crippen molar-refractivity contribution in [3.05, 3.63) is 18.0 Å². The molecule has 0 spiro atoms. The summed E-state index contributed by atoms with van der Waals surface area (Å²) in [7, 11) is 3.04. The molecule has 1 rings (SSSR count). The predicted octanol–water partition coefficient (Wildman–Crippen LogP) is 1.16. The Kier molecular flexibility index (Phi) is 3.49. The van der Waals surface area contributed by atoms with Gasteiger partial charge in [-0.3, -0.25) is 4.79 Å². The van der Waals surface area contributed by atoms with Crippen LogP contribution in [0.25, 0.3) is 0 Å². The van der Waals surface area contributed by atoms with E-state index in [4.69, 9.17) is 0 Å². The summed E-state index contributed by atoms with van der Waals surface area (Å²) in [5, 5.41) is 2.66. The number of aryl methyl sites for hydroxylation is 1. The Morgan fingerprint density at radius 2 is 2.20 bits per heavy atom. The summed E-state index contributed by atoms with van der Waals surface area (Å²) >= 11 is 0. The minimum atomic E-state index is -0.422. The molecule has 5 nitrogen and oxygen atoms in total. The molecule has 0 radical (unpaired) electrons. The van der Waals surface area contributed by atoms with Crippen LogP contribution in [-0.2, 0) is 16.6 Å². The zero-order valence-corrected chi connectivity index (χ0v) is 9.03. The first kappa shape index (κ1) is 11.3. The first-order valence-electron chi connectivity index (χ1n) is 4.63. The van der Waals surface area contributed by atoms with Crippen LogP contribution in [0.15, 0.2) is 12.3 Å². The number of ether oxygens (including phenoxy) is 1. The molecule has 0 aliphatic carbocycles. The van der Waals surface area contributed by atoms with E-state index in [9.17, 15) is 9.59 Å². The molecule has 1 N–H and O–H groups in total. The number of aromatic nitrogens is 1. The fourth-order valence-corrected chi connectivity index (χ4v) is 1.19. The van der Waals surface area contributed by atoms with Crippen molar-refractivity contribution < 1.29 is 14.3 Å². The number of hydrogen-bond acceptors (Lipinski definition) is 3. The van der Waals surface area contributed by atoms with Gasteiger partial charge in [0, 0.05) is 19.7 Å². The number of anilines is 1. The minimum absolute atomic E-state index is 0.0861. The van der Waals surface area contributed by atoms with E-state index in [1.807, 2.05) is 0 Å². The monoisotopic (exact) mass is 210 g/mol. The van der Waals surface area contributed by atoms with Crippen molar-refractivity contribution in [1.29, 1.82) is 0 Å². The Morgan fingerprint density at radius 3 is 2.73 bits per heavy atom. The molecule has 0 fully saturated rings. The van der Waals surface area contributed by atoms with Crippen LogP contribution in [0, 0.1) is 0 Å². The smallest absolute Gasteiger partial charge is 0.354 e. The fraction of sp³-hybridized carbons (Fsp3) is 0.400. The van der Waals surface area contributed by atoms with Gasteiger partial charge in [0.1, 0.15) is 5.69 Å². The van der Waals surface area contributed by atoms with E-state index in [1.165, 1.54) is 7.11 Å². The molecule has 0 aromatic carbocycles. The van der Waals surface area contributed by atoms with Gasteiger partial charge in [-0.2, -0.15) is 0 Å². The number of hydrogen-bond donors (Lipinski definition) is 1. The number of nitrogens with zero attached hydrogens (tertiary/aromatic N) is 1. The third-order valence-electron chi connectivity index (χ3n) is 2.00. The number of methoxy groups -OCH3 is 1. The van der Waals surface area contributed by atoms with Crippen LogP contribution < -0.4 is 5.32 Å². The molecule has 0 aliphatic heterocycles. The second-order valence-corrected chi connectivity index (χ2v) is 3.12. The average molecular weight is 210 g/mol. The Bertz CT molecular complexity index is 382. The van der Waals surface area contributed by atoms with Crippen molar-refractivity contribution >= 4 is 17.6 Å². The molecular weight excluding hydrogens is 196 g/mol. The van der Waals surface area contributed by atoms with Crippen molar-refractivity contribution in [3.63, 3.8) is 0 Å². The lowest BCUT2D eigenvalue weighted by Gasteiger charge is -1.98. The van der Waals surface area contributed by atoms with E-state index in [0.29, 0.717) is 17.8 Å². The molecule has 0 saturated heterocycles. The van der Waals surface area contributed by atoms with Crippen LogP contribution >= 0.6 is 0 Å². The van der Waals surface area contributed by atoms with Crippen molar-refractivity contribution in [2.75, 3.05) is 12.4 Å². The highest BCUT2D eigenvalue weighted by Gasteiger charge is 2.12. The number of nitrogens with one attached hydrogen (secondary N) is 1. The van der Waals surface area contributed by atoms with Crippen LogP contribution in [0.5, 0.6) is 0 Å². The standard InChI is InChI=1S/C10H14N2O3/c1-4-9(13)11-7-5-8(10(14)15-3)12(2)6-7/h5-6H,4H2,1-3H3,(H,11,13). The lowest BCUT2D eigenvalue weighted by atomic mass is 10.4. The van der Waals surface area contributed by atoms with E-state index in [0.717, 1.165) is 0 Å². The number of carbonyl (C=O) groups is 2. The first-order chi connectivity index (χ1) is 7.08. The summed E-state index contributed by atoms with van der Waals surface area (Å²) in [6.45, 7) is 1.76. The number of esters is 1. The number of amides is 1. The molecule has 5 heteroatoms. The Morgan fingerprint density at radius 1 is 1.53 bits per heavy atom. The van der Waals surface area contributed by atoms with E-state index in [-0.39, 0.29) is 5.91 Å². The molecule has 82 valence electrons. The Labute approximate surface area is 88.0 Å². The highest BCUT2D eigenvalue weighted by molar-refractivity contribution is 5.94. The van der Waals surface area contributed by atoms with Crippen molar-refractivity contribution in [3.8, 4) is 0 Å². The minimum Gasteiger partial charge on any atom is -0.464 e. The van der Waals surface area contributed by atoms with Gasteiger partial charge in [0.25, 0.3) is 0 Å². The SMILES string of the molecule is CCC(=O)Nc1cc(C(=O)OC)n(C)c1. The molecule has 0 aliphatic rings. The Hall–Kier alpha value is -1.78. The van der Waals surface area contributed by atoms with Crippen molar-refractivity contribution in [2.45, 2.75) is 13.3 Å². The average Bonchev–Trinajstić information content (AvgIpc) is 2.58. The van der Waals surface area contributed by atoms with E-state index >= 15 is 0 Å². The second-order valence-electron chi connectivity index (χ2n) is 3.12. The largest absolute Gasteiger partial charge is 0.464 e. The summed E-state index contributed by atoms with van der Waals surface area (Å²) in [5.41, 5.74) is 1.01. The summed E-state index contributed by atoms with van der Waals surface area (Å²) in [6, 6.07) is 1.58. The predicted molar refractivity (Wildman–Crippen MR) is 55.7 cm³/mol. The summed E-state index contributed by atoms with van der Waals surface area (Å²) in [4.78, 5) is 22.4. The normalized spacial score (nSPS) is 9.80. The van der Waals surface area contributed by atoms with Crippen LogP contribution in [-0.4, -0.2) is 23.6 Å². The highest BCUT2D eigenvalue weighted by atomic mass is 16.5. The van der Waals surface area contributed by atoms with Crippen molar-refractivity contribution in [2.24, 2.45) is 7.05 Å². The maximum atomic E-state index is 11.2. The summed E-state index contributed by atoms with van der Waals surface area (Å²) in [5.74, 6) is -0.508. The molecule has 0 atom stereocenters. The molecule has 1 heterocycles. The van der Waals surface area contributed by atoms with Gasteiger partial charge < -0.3 is 14.6 Å². The van der Waals surface area contributed by atoms with E-state index in [1.54, 1.807) is 30.8 Å². The van der Waals surface area contributed by atoms with Crippen LogP contribution in [0.4, 0.5) is 5.69 Å². The maximum absolute atomic E-state index is 11.2. The highest BCUT2D eigenvalue weighted by Crippen LogP contribution is 2.13. The summed E-state index contributed by atoms with van der Waals surface area (Å²) < 4.78 is 6.20. The van der Waals surface area contributed by atoms with Gasteiger partial charge in [-0.1, -0.05) is 6.92 Å². The number of carbonyl (C=O) groups excluding carboxylic acids is 2. The quantitative estimate of drug-likeness (QED) is 0.761. The zero-order chi connectivity index (χ0) is 11.4. The van der Waals surface area contributed by atoms with Gasteiger partial charge in [-0.15, -0.1) is 0 Å². The summed E-state index contributed by atoms with van der Waals surface area (Å²) in [6.07, 6.45) is 2.07. The zero-order valence-electron chi connectivity index (χ0n) is 9.03. The van der Waals surface area contributed by atoms with E-state index in [2.05, 4.69) is 10.1 Å². The van der Waals surface area contributed by atoms with Crippen LogP contribution in [0.1, 0.15) is 23.8 Å². The topological polar surface area (TPSA) is 60.3 Å². The molecule has 0 saturated carbocycles. The molecule has 0 bridgehead atoms. The maximum Gasteiger partial charge on any atom is 0.354 e. The Balaban J connectivity index is 2.86. The van der Waals surface area contributed by atoms with Crippen LogP contribution in [0.2, 0.25) is 0 Å². The van der Waals surface area contributed by atoms with Crippen LogP contribution in [0.3, 0.4) is 0 Å². The third kappa shape index (κ3) is 2.59. The van der Waals surface area contributed by atoms with Gasteiger partial charge in [-0.25, -0.2) is 4.79 Å². The van der Waals surface area contributed by atoms with Crippen molar-refractivity contribution in [1.82, 2.24) is 4.57 Å². The van der Waals surface area contributed by atoms with Gasteiger partial charge in [0.15, 0.2) is 0 Å². The molecule has 1 aromatic rings. The lowest BCUT2D eigenvalue weighted by Crippen LogP contribution is -2.08. The number of rotatable bonds is 3. The molecule has 1 aromatic heterocycles. The first-order valence-corrected chi connectivity index (χ1v) is 4.63. The van der Waals surface area contributed by atoms with E-state index < -0.39 is 5.97 Å². The van der Waals surface area contributed by atoms with Gasteiger partial charge >= 0.3 is 5.97 Å². The molecule has 0 unspecified atom stereocenters. The molecule has 15 heavy (non-hydrogen) atoms. The van der Waals surface area contributed by atoms with Gasteiger partial charge in [-0.05, 0) is 6.07 Å². The molecular formula is C10H14N2O3.